The average molecular weight is 311 g/mol. The van der Waals surface area contributed by atoms with Crippen molar-refractivity contribution in [2.24, 2.45) is 0 Å². The summed E-state index contributed by atoms with van der Waals surface area (Å²) in [5.74, 6) is 0. The van der Waals surface area contributed by atoms with E-state index in [0.29, 0.717) is 0 Å². The van der Waals surface area contributed by atoms with Gasteiger partial charge in [0, 0.05) is 5.25 Å². The molecule has 2 aromatic carbocycles. The van der Waals surface area contributed by atoms with Crippen LogP contribution < -0.4 is 0 Å². The predicted octanol–water partition coefficient (Wildman–Crippen LogP) is 5.06. The van der Waals surface area contributed by atoms with E-state index in [1.54, 1.807) is 0 Å². The fourth-order valence-corrected chi connectivity index (χ4v) is 4.09. The first-order chi connectivity index (χ1) is 10.7. The molecule has 2 atom stereocenters. The Bertz CT molecular complexity index is 577. The lowest BCUT2D eigenvalue weighted by Crippen LogP contribution is -2.49. The number of rotatable bonds is 4. The third-order valence-corrected chi connectivity index (χ3v) is 5.82. The van der Waals surface area contributed by atoms with Crippen molar-refractivity contribution < 1.29 is 0 Å². The largest absolute Gasteiger partial charge is 0.293 e. The fourth-order valence-electron chi connectivity index (χ4n) is 3.61. The molecule has 0 spiro atoms. The van der Waals surface area contributed by atoms with E-state index < -0.39 is 0 Å². The molecule has 0 N–H and O–H groups in total. The van der Waals surface area contributed by atoms with Crippen LogP contribution in [0, 0.1) is 0 Å². The van der Waals surface area contributed by atoms with Crippen LogP contribution in [-0.4, -0.2) is 18.0 Å². The highest BCUT2D eigenvalue weighted by atomic mass is 32.1. The van der Waals surface area contributed by atoms with Crippen LogP contribution in [0.1, 0.15) is 42.6 Å². The minimum Gasteiger partial charge on any atom is -0.293 e. The summed E-state index contributed by atoms with van der Waals surface area (Å²) in [6, 6.07) is 21.6. The summed E-state index contributed by atoms with van der Waals surface area (Å²) < 4.78 is 0. The van der Waals surface area contributed by atoms with E-state index in [-0.39, 0.29) is 10.8 Å². The molecule has 1 aliphatic heterocycles. The predicted molar refractivity (Wildman–Crippen MR) is 97.4 cm³/mol. The molecular formula is C20H25NS. The zero-order chi connectivity index (χ0) is 15.4. The van der Waals surface area contributed by atoms with Gasteiger partial charge in [-0.1, -0.05) is 67.1 Å². The second kappa shape index (κ2) is 6.89. The molecule has 1 aliphatic rings. The van der Waals surface area contributed by atoms with Crippen molar-refractivity contribution in [3.8, 4) is 0 Å². The topological polar surface area (TPSA) is 3.24 Å². The lowest BCUT2D eigenvalue weighted by molar-refractivity contribution is 0.0764. The molecule has 0 saturated carbocycles. The van der Waals surface area contributed by atoms with Gasteiger partial charge in [0.05, 0.1) is 5.54 Å². The van der Waals surface area contributed by atoms with Crippen LogP contribution in [0.4, 0.5) is 0 Å². The number of piperidine rings is 1. The van der Waals surface area contributed by atoms with Crippen LogP contribution in [-0.2, 0) is 5.54 Å². The van der Waals surface area contributed by atoms with Crippen molar-refractivity contribution in [1.82, 2.24) is 4.90 Å². The number of thiol groups is 1. The van der Waals surface area contributed by atoms with Gasteiger partial charge in [0.2, 0.25) is 0 Å². The van der Waals surface area contributed by atoms with Crippen molar-refractivity contribution >= 4 is 12.6 Å². The zero-order valence-corrected chi connectivity index (χ0v) is 14.2. The number of hydrogen-bond acceptors (Lipinski definition) is 2. The van der Waals surface area contributed by atoms with E-state index >= 15 is 0 Å². The van der Waals surface area contributed by atoms with Gasteiger partial charge >= 0.3 is 0 Å². The Hall–Kier alpha value is -1.25. The molecule has 1 saturated heterocycles. The summed E-state index contributed by atoms with van der Waals surface area (Å²) >= 11 is 5.08. The molecule has 2 heteroatoms. The van der Waals surface area contributed by atoms with Gasteiger partial charge in [-0.2, -0.15) is 12.6 Å². The maximum absolute atomic E-state index is 5.08. The van der Waals surface area contributed by atoms with Crippen molar-refractivity contribution in [3.63, 3.8) is 0 Å². The Labute approximate surface area is 139 Å². The highest BCUT2D eigenvalue weighted by molar-refractivity contribution is 7.80. The lowest BCUT2D eigenvalue weighted by atomic mass is 9.82. The van der Waals surface area contributed by atoms with Gasteiger partial charge in [0.25, 0.3) is 0 Å². The van der Waals surface area contributed by atoms with E-state index in [9.17, 15) is 0 Å². The van der Waals surface area contributed by atoms with Crippen LogP contribution in [0.3, 0.4) is 0 Å². The minimum atomic E-state index is -0.0772. The molecule has 22 heavy (non-hydrogen) atoms. The quantitative estimate of drug-likeness (QED) is 0.773. The first kappa shape index (κ1) is 15.6. The van der Waals surface area contributed by atoms with Crippen LogP contribution >= 0.6 is 12.6 Å². The van der Waals surface area contributed by atoms with E-state index in [1.807, 2.05) is 0 Å². The summed E-state index contributed by atoms with van der Waals surface area (Å²) in [6.07, 6.45) is 3.93. The van der Waals surface area contributed by atoms with Gasteiger partial charge in [0.1, 0.15) is 0 Å². The summed E-state index contributed by atoms with van der Waals surface area (Å²) in [7, 11) is 0. The Balaban J connectivity index is 2.02. The van der Waals surface area contributed by atoms with Crippen molar-refractivity contribution in [2.45, 2.75) is 37.0 Å². The number of likely N-dealkylation sites (tertiary alicyclic amines) is 1. The average Bonchev–Trinajstić information content (AvgIpc) is 2.62. The van der Waals surface area contributed by atoms with Gasteiger partial charge in [-0.05, 0) is 44.0 Å². The maximum atomic E-state index is 5.08. The number of benzene rings is 2. The number of hydrogen-bond donors (Lipinski definition) is 1. The Kier molecular flexibility index (Phi) is 4.90. The van der Waals surface area contributed by atoms with E-state index in [0.717, 1.165) is 13.1 Å². The minimum absolute atomic E-state index is 0.0772. The van der Waals surface area contributed by atoms with E-state index in [1.165, 1.54) is 30.4 Å². The molecule has 116 valence electrons. The highest BCUT2D eigenvalue weighted by Gasteiger charge is 2.40. The Morgan fingerprint density at radius 1 is 0.864 bits per heavy atom. The molecule has 0 unspecified atom stereocenters. The molecule has 0 aromatic heterocycles. The smallest absolute Gasteiger partial charge is 0.0590 e. The van der Waals surface area contributed by atoms with Gasteiger partial charge in [0.15, 0.2) is 0 Å². The molecule has 0 bridgehead atoms. The first-order valence-corrected chi connectivity index (χ1v) is 8.78. The van der Waals surface area contributed by atoms with Crippen LogP contribution in [0.5, 0.6) is 0 Å². The van der Waals surface area contributed by atoms with Crippen molar-refractivity contribution in [1.29, 1.82) is 0 Å². The summed E-state index contributed by atoms with van der Waals surface area (Å²) in [6.45, 7) is 4.68. The third-order valence-electron chi connectivity index (χ3n) is 5.02. The molecule has 0 amide bonds. The van der Waals surface area contributed by atoms with E-state index in [4.69, 9.17) is 12.6 Å². The molecule has 1 fully saturated rings. The third kappa shape index (κ3) is 2.95. The van der Waals surface area contributed by atoms with E-state index in [2.05, 4.69) is 72.5 Å². The SMILES string of the molecule is C[C@](c1ccccc1)([C@H](S)c1ccccc1)N1CCCCC1. The molecule has 1 heterocycles. The fraction of sp³-hybridized carbons (Fsp3) is 0.400. The summed E-state index contributed by atoms with van der Waals surface area (Å²) in [4.78, 5) is 2.64. The summed E-state index contributed by atoms with van der Waals surface area (Å²) in [5.41, 5.74) is 2.58. The normalized spacial score (nSPS) is 20.3. The molecule has 1 nitrogen and oxygen atoms in total. The van der Waals surface area contributed by atoms with Crippen molar-refractivity contribution in [2.75, 3.05) is 13.1 Å². The number of nitrogens with zero attached hydrogens (tertiary/aromatic N) is 1. The monoisotopic (exact) mass is 311 g/mol. The molecule has 0 radical (unpaired) electrons. The standard InChI is InChI=1S/C20H25NS/c1-20(18-13-7-3-8-14-18,21-15-9-4-10-16-21)19(22)17-11-5-2-6-12-17/h2-3,5-8,11-14,19,22H,4,9-10,15-16H2,1H3/t19-,20+/m1/s1. The second-order valence-corrected chi connectivity index (χ2v) is 6.89. The zero-order valence-electron chi connectivity index (χ0n) is 13.3. The maximum Gasteiger partial charge on any atom is 0.0590 e. The summed E-state index contributed by atoms with van der Waals surface area (Å²) in [5, 5.41) is 0.161. The second-order valence-electron chi connectivity index (χ2n) is 6.37. The van der Waals surface area contributed by atoms with Gasteiger partial charge < -0.3 is 0 Å². The molecule has 3 rings (SSSR count). The van der Waals surface area contributed by atoms with Gasteiger partial charge in [-0.15, -0.1) is 0 Å². The van der Waals surface area contributed by atoms with Crippen molar-refractivity contribution in [3.05, 3.63) is 71.8 Å². The highest BCUT2D eigenvalue weighted by Crippen LogP contribution is 2.45. The Morgan fingerprint density at radius 3 is 2.00 bits per heavy atom. The molecular weight excluding hydrogens is 286 g/mol. The molecule has 0 aliphatic carbocycles. The molecule has 2 aromatic rings. The van der Waals surface area contributed by atoms with Gasteiger partial charge in [-0.25, -0.2) is 0 Å². The van der Waals surface area contributed by atoms with Crippen LogP contribution in [0.25, 0.3) is 0 Å². The van der Waals surface area contributed by atoms with Gasteiger partial charge in [-0.3, -0.25) is 4.90 Å². The Morgan fingerprint density at radius 2 is 1.41 bits per heavy atom. The van der Waals surface area contributed by atoms with Crippen LogP contribution in [0.2, 0.25) is 0 Å². The van der Waals surface area contributed by atoms with Crippen LogP contribution in [0.15, 0.2) is 60.7 Å². The first-order valence-electron chi connectivity index (χ1n) is 8.26. The lowest BCUT2D eigenvalue weighted by Gasteiger charge is -2.47.